The normalized spacial score (nSPS) is 12.1. The second-order valence-electron chi connectivity index (χ2n) is 6.45. The first-order valence-electron chi connectivity index (χ1n) is 7.97. The average Bonchev–Trinajstić information content (AvgIpc) is 2.96. The van der Waals surface area contributed by atoms with Crippen molar-refractivity contribution in [2.75, 3.05) is 20.3 Å². The van der Waals surface area contributed by atoms with E-state index in [0.29, 0.717) is 18.9 Å². The number of rotatable bonds is 8. The first-order valence-corrected chi connectivity index (χ1v) is 7.97. The topological polar surface area (TPSA) is 45.8 Å². The molecule has 126 valence electrons. The molecule has 0 amide bonds. The Hall–Kier alpha value is -1.62. The van der Waals surface area contributed by atoms with Crippen LogP contribution in [0.25, 0.3) is 0 Å². The lowest BCUT2D eigenvalue weighted by Gasteiger charge is -2.22. The van der Waals surface area contributed by atoms with Crippen molar-refractivity contribution in [3.63, 3.8) is 0 Å². The molecular weight excluding hydrogens is 290 g/mol. The quantitative estimate of drug-likeness (QED) is 0.810. The summed E-state index contributed by atoms with van der Waals surface area (Å²) in [6, 6.07) is 12.2. The van der Waals surface area contributed by atoms with Gasteiger partial charge >= 0.3 is 0 Å². The van der Waals surface area contributed by atoms with Crippen molar-refractivity contribution in [2.24, 2.45) is 0 Å². The Balaban J connectivity index is 2.09. The highest BCUT2D eigenvalue weighted by atomic mass is 16.5. The van der Waals surface area contributed by atoms with E-state index >= 15 is 0 Å². The molecule has 0 unspecified atom stereocenters. The molecule has 4 heteroatoms. The molecule has 23 heavy (non-hydrogen) atoms. The number of hydrogen-bond acceptors (Lipinski definition) is 4. The highest BCUT2D eigenvalue weighted by Gasteiger charge is 2.21. The summed E-state index contributed by atoms with van der Waals surface area (Å²) in [6.07, 6.45) is 0. The fraction of sp³-hybridized carbons (Fsp3) is 0.474. The summed E-state index contributed by atoms with van der Waals surface area (Å²) in [5.74, 6) is 1.45. The summed E-state index contributed by atoms with van der Waals surface area (Å²) < 4.78 is 11.0. The van der Waals surface area contributed by atoms with Gasteiger partial charge < -0.3 is 14.3 Å². The van der Waals surface area contributed by atoms with Crippen LogP contribution in [0.5, 0.6) is 0 Å². The van der Waals surface area contributed by atoms with Crippen LogP contribution in [0.2, 0.25) is 0 Å². The maximum atomic E-state index is 10.0. The van der Waals surface area contributed by atoms with Crippen LogP contribution in [0.4, 0.5) is 0 Å². The van der Waals surface area contributed by atoms with Gasteiger partial charge in [-0.1, -0.05) is 24.3 Å². The second kappa shape index (κ2) is 7.77. The highest BCUT2D eigenvalue weighted by Crippen LogP contribution is 2.23. The van der Waals surface area contributed by atoms with Crippen LogP contribution >= 0.6 is 0 Å². The lowest BCUT2D eigenvalue weighted by Crippen LogP contribution is -2.26. The fourth-order valence-electron chi connectivity index (χ4n) is 2.47. The van der Waals surface area contributed by atoms with Gasteiger partial charge in [-0.3, -0.25) is 4.90 Å². The molecule has 0 atom stereocenters. The number of hydrogen-bond donors (Lipinski definition) is 1. The van der Waals surface area contributed by atoms with Gasteiger partial charge in [0.25, 0.3) is 0 Å². The lowest BCUT2D eigenvalue weighted by atomic mass is 10.1. The number of nitrogens with zero attached hydrogens (tertiary/aromatic N) is 1. The standard InChI is InChI=1S/C19H27NO3/c1-15-7-5-6-8-16(15)13-20(11-12-22-4)14-17-9-10-18(23-17)19(2,3)21/h5-10,21H,11-14H2,1-4H3. The Kier molecular flexibility index (Phi) is 5.99. The van der Waals surface area contributed by atoms with E-state index in [1.54, 1.807) is 21.0 Å². The van der Waals surface area contributed by atoms with Crippen LogP contribution in [0.3, 0.4) is 0 Å². The van der Waals surface area contributed by atoms with Crippen molar-refractivity contribution in [1.29, 1.82) is 0 Å². The van der Waals surface area contributed by atoms with Gasteiger partial charge in [0.15, 0.2) is 0 Å². The van der Waals surface area contributed by atoms with E-state index in [-0.39, 0.29) is 0 Å². The Morgan fingerprint density at radius 1 is 1.13 bits per heavy atom. The first kappa shape index (κ1) is 17.7. The molecule has 0 aliphatic carbocycles. The van der Waals surface area contributed by atoms with E-state index in [9.17, 15) is 5.11 Å². The SMILES string of the molecule is COCCN(Cc1ccc(C(C)(C)O)o1)Cc1ccccc1C. The van der Waals surface area contributed by atoms with E-state index in [1.165, 1.54) is 11.1 Å². The van der Waals surface area contributed by atoms with Gasteiger partial charge in [0, 0.05) is 20.2 Å². The maximum Gasteiger partial charge on any atom is 0.135 e. The summed E-state index contributed by atoms with van der Waals surface area (Å²) in [5.41, 5.74) is 1.63. The zero-order valence-corrected chi connectivity index (χ0v) is 14.5. The van der Waals surface area contributed by atoms with Crippen molar-refractivity contribution in [3.05, 3.63) is 59.0 Å². The van der Waals surface area contributed by atoms with Crippen molar-refractivity contribution in [2.45, 2.75) is 39.5 Å². The molecule has 0 radical (unpaired) electrons. The molecule has 4 nitrogen and oxygen atoms in total. The van der Waals surface area contributed by atoms with Crippen LogP contribution in [0.1, 0.15) is 36.5 Å². The van der Waals surface area contributed by atoms with Gasteiger partial charge in [-0.05, 0) is 44.0 Å². The number of benzene rings is 1. The van der Waals surface area contributed by atoms with Crippen molar-refractivity contribution < 1.29 is 14.3 Å². The number of methoxy groups -OCH3 is 1. The van der Waals surface area contributed by atoms with Gasteiger partial charge in [0.05, 0.1) is 13.2 Å². The van der Waals surface area contributed by atoms with Crippen LogP contribution in [-0.2, 0) is 23.4 Å². The van der Waals surface area contributed by atoms with Crippen LogP contribution in [0.15, 0.2) is 40.8 Å². The van der Waals surface area contributed by atoms with Gasteiger partial charge in [-0.2, -0.15) is 0 Å². The van der Waals surface area contributed by atoms with E-state index in [0.717, 1.165) is 18.8 Å². The van der Waals surface area contributed by atoms with E-state index in [1.807, 2.05) is 12.1 Å². The number of aryl methyl sites for hydroxylation is 1. The zero-order chi connectivity index (χ0) is 16.9. The van der Waals surface area contributed by atoms with Gasteiger partial charge in [-0.15, -0.1) is 0 Å². The molecule has 2 aromatic rings. The molecule has 0 saturated carbocycles. The molecular formula is C19H27NO3. The molecule has 2 rings (SSSR count). The van der Waals surface area contributed by atoms with Gasteiger partial charge in [-0.25, -0.2) is 0 Å². The number of furan rings is 1. The van der Waals surface area contributed by atoms with Crippen molar-refractivity contribution in [1.82, 2.24) is 4.90 Å². The fourth-order valence-corrected chi connectivity index (χ4v) is 2.47. The third kappa shape index (κ3) is 5.20. The molecule has 1 heterocycles. The Bertz CT molecular complexity index is 613. The predicted octanol–water partition coefficient (Wildman–Crippen LogP) is 3.46. The van der Waals surface area contributed by atoms with Crippen molar-refractivity contribution >= 4 is 0 Å². The Morgan fingerprint density at radius 2 is 1.87 bits per heavy atom. The van der Waals surface area contributed by atoms with Crippen molar-refractivity contribution in [3.8, 4) is 0 Å². The molecule has 0 bridgehead atoms. The number of ether oxygens (including phenoxy) is 1. The molecule has 1 aromatic carbocycles. The summed E-state index contributed by atoms with van der Waals surface area (Å²) in [6.45, 7) is 8.61. The van der Waals surface area contributed by atoms with Gasteiger partial charge in [0.2, 0.25) is 0 Å². The predicted molar refractivity (Wildman–Crippen MR) is 91.1 cm³/mol. The van der Waals surface area contributed by atoms with E-state index < -0.39 is 5.60 Å². The largest absolute Gasteiger partial charge is 0.462 e. The van der Waals surface area contributed by atoms with E-state index in [4.69, 9.17) is 9.15 Å². The second-order valence-corrected chi connectivity index (χ2v) is 6.45. The van der Waals surface area contributed by atoms with Crippen LogP contribution in [-0.4, -0.2) is 30.3 Å². The zero-order valence-electron chi connectivity index (χ0n) is 14.5. The minimum absolute atomic E-state index is 0.593. The summed E-state index contributed by atoms with van der Waals surface area (Å²) in [7, 11) is 1.71. The monoisotopic (exact) mass is 317 g/mol. The average molecular weight is 317 g/mol. The third-order valence-corrected chi connectivity index (χ3v) is 3.91. The smallest absolute Gasteiger partial charge is 0.135 e. The molecule has 0 aliphatic rings. The van der Waals surface area contributed by atoms with Crippen LogP contribution in [0, 0.1) is 6.92 Å². The molecule has 0 fully saturated rings. The molecule has 1 aromatic heterocycles. The number of aliphatic hydroxyl groups is 1. The lowest BCUT2D eigenvalue weighted by molar-refractivity contribution is 0.0511. The van der Waals surface area contributed by atoms with Gasteiger partial charge in [0.1, 0.15) is 17.1 Å². The molecule has 0 saturated heterocycles. The van der Waals surface area contributed by atoms with E-state index in [2.05, 4.69) is 36.1 Å². The molecule has 0 spiro atoms. The first-order chi connectivity index (χ1) is 10.9. The Morgan fingerprint density at radius 3 is 2.48 bits per heavy atom. The Labute approximate surface area is 138 Å². The summed E-state index contributed by atoms with van der Waals surface area (Å²) in [5, 5.41) is 10.0. The maximum absolute atomic E-state index is 10.0. The van der Waals surface area contributed by atoms with Crippen LogP contribution < -0.4 is 0 Å². The minimum atomic E-state index is -0.953. The summed E-state index contributed by atoms with van der Waals surface area (Å²) >= 11 is 0. The highest BCUT2D eigenvalue weighted by molar-refractivity contribution is 5.25. The third-order valence-electron chi connectivity index (χ3n) is 3.91. The molecule has 0 aliphatic heterocycles. The summed E-state index contributed by atoms with van der Waals surface area (Å²) in [4.78, 5) is 2.29. The molecule has 1 N–H and O–H groups in total. The minimum Gasteiger partial charge on any atom is -0.462 e.